The molecule has 0 atom stereocenters. The van der Waals surface area contributed by atoms with Gasteiger partial charge in [0.15, 0.2) is 5.69 Å². The summed E-state index contributed by atoms with van der Waals surface area (Å²) >= 11 is 0. The number of unbranched alkanes of at least 4 members (excludes halogenated alkanes) is 2. The van der Waals surface area contributed by atoms with Crippen molar-refractivity contribution in [2.75, 3.05) is 20.3 Å². The molecule has 3 N–H and O–H groups in total. The fraction of sp³-hybridized carbons (Fsp3) is 0.391. The van der Waals surface area contributed by atoms with E-state index in [0.717, 1.165) is 19.0 Å². The van der Waals surface area contributed by atoms with Crippen molar-refractivity contribution in [2.24, 2.45) is 0 Å². The van der Waals surface area contributed by atoms with Crippen molar-refractivity contribution < 1.29 is 32.6 Å². The summed E-state index contributed by atoms with van der Waals surface area (Å²) in [5.41, 5.74) is 0.239. The average Bonchev–Trinajstić information content (AvgIpc) is 2.81. The number of hydrogen-bond acceptors (Lipinski definition) is 7. The van der Waals surface area contributed by atoms with Gasteiger partial charge in [-0.2, -0.15) is 0 Å². The van der Waals surface area contributed by atoms with Crippen LogP contribution in [-0.2, 0) is 21.2 Å². The number of aromatic nitrogens is 1. The maximum atomic E-state index is 12.8. The number of methoxy groups -OCH3 is 1. The zero-order valence-corrected chi connectivity index (χ0v) is 20.0. The van der Waals surface area contributed by atoms with Crippen molar-refractivity contribution in [3.05, 3.63) is 58.9 Å². The van der Waals surface area contributed by atoms with Crippen LogP contribution in [0, 0.1) is 0 Å². The van der Waals surface area contributed by atoms with Crippen molar-refractivity contribution in [3.63, 3.8) is 0 Å². The van der Waals surface area contributed by atoms with E-state index in [1.54, 1.807) is 7.11 Å². The summed E-state index contributed by atoms with van der Waals surface area (Å²) in [4.78, 5) is 39.9. The Morgan fingerprint density at radius 2 is 1.82 bits per heavy atom. The van der Waals surface area contributed by atoms with Crippen LogP contribution in [0.1, 0.15) is 69.4 Å². The zero-order valence-electron chi connectivity index (χ0n) is 19.2. The Labute approximate surface area is 198 Å². The lowest BCUT2D eigenvalue weighted by atomic mass is 10.0. The SMILES string of the molecule is CCCCCc1cc(C(=O)NS(=O)(=O)c2cccc(C(=O)NCCCOC)c2)cnc1C(=O)O. The van der Waals surface area contributed by atoms with E-state index >= 15 is 0 Å². The third kappa shape index (κ3) is 7.63. The van der Waals surface area contributed by atoms with Gasteiger partial charge in [-0.3, -0.25) is 9.59 Å². The predicted octanol–water partition coefficient (Wildman–Crippen LogP) is 2.40. The maximum absolute atomic E-state index is 12.8. The smallest absolute Gasteiger partial charge is 0.354 e. The zero-order chi connectivity index (χ0) is 25.1. The number of pyridine rings is 1. The Bertz CT molecular complexity index is 1130. The van der Waals surface area contributed by atoms with Crippen molar-refractivity contribution in [1.29, 1.82) is 0 Å². The second kappa shape index (κ2) is 12.8. The molecule has 0 aliphatic heterocycles. The molecule has 1 heterocycles. The molecule has 0 fully saturated rings. The number of benzene rings is 1. The van der Waals surface area contributed by atoms with Crippen LogP contribution >= 0.6 is 0 Å². The van der Waals surface area contributed by atoms with Crippen molar-refractivity contribution in [2.45, 2.75) is 43.9 Å². The van der Waals surface area contributed by atoms with E-state index in [4.69, 9.17) is 4.74 Å². The molecule has 0 unspecified atom stereocenters. The Morgan fingerprint density at radius 3 is 2.50 bits per heavy atom. The highest BCUT2D eigenvalue weighted by Gasteiger charge is 2.22. The summed E-state index contributed by atoms with van der Waals surface area (Å²) in [6, 6.07) is 6.64. The number of rotatable bonds is 13. The lowest BCUT2D eigenvalue weighted by Crippen LogP contribution is -2.31. The van der Waals surface area contributed by atoms with Gasteiger partial charge in [-0.25, -0.2) is 22.9 Å². The number of aromatic carboxylic acids is 1. The molecule has 1 aromatic carbocycles. The molecule has 2 aromatic rings. The normalized spacial score (nSPS) is 11.1. The topological polar surface area (TPSA) is 152 Å². The molecular formula is C23H29N3O7S. The summed E-state index contributed by atoms with van der Waals surface area (Å²) in [6.07, 6.45) is 4.55. The summed E-state index contributed by atoms with van der Waals surface area (Å²) in [6.45, 7) is 2.84. The molecule has 2 amide bonds. The summed E-state index contributed by atoms with van der Waals surface area (Å²) in [5, 5.41) is 12.0. The number of sulfonamides is 1. The van der Waals surface area contributed by atoms with Gasteiger partial charge in [0.2, 0.25) is 0 Å². The molecule has 0 spiro atoms. The molecule has 2 rings (SSSR count). The summed E-state index contributed by atoms with van der Waals surface area (Å²) in [5.74, 6) is -2.62. The minimum atomic E-state index is -4.30. The molecule has 10 nitrogen and oxygen atoms in total. The fourth-order valence-corrected chi connectivity index (χ4v) is 4.17. The van der Waals surface area contributed by atoms with Crippen LogP contribution in [0.3, 0.4) is 0 Å². The van der Waals surface area contributed by atoms with Gasteiger partial charge in [0, 0.05) is 32.0 Å². The second-order valence-electron chi connectivity index (χ2n) is 7.56. The lowest BCUT2D eigenvalue weighted by molar-refractivity contribution is 0.0688. The molecule has 34 heavy (non-hydrogen) atoms. The van der Waals surface area contributed by atoms with E-state index in [1.807, 2.05) is 11.6 Å². The molecule has 1 aromatic heterocycles. The Hall–Kier alpha value is -3.31. The number of amides is 2. The van der Waals surface area contributed by atoms with E-state index in [1.165, 1.54) is 30.3 Å². The number of carbonyl (C=O) groups excluding carboxylic acids is 2. The number of hydrogen-bond donors (Lipinski definition) is 3. The van der Waals surface area contributed by atoms with Crippen LogP contribution in [0.25, 0.3) is 0 Å². The van der Waals surface area contributed by atoms with E-state index < -0.39 is 27.8 Å². The van der Waals surface area contributed by atoms with Gasteiger partial charge in [0.05, 0.1) is 10.5 Å². The van der Waals surface area contributed by atoms with E-state index in [-0.39, 0.29) is 21.7 Å². The molecule has 0 saturated carbocycles. The molecule has 184 valence electrons. The monoisotopic (exact) mass is 491 g/mol. The minimum absolute atomic E-state index is 0.0767. The van der Waals surface area contributed by atoms with Crippen molar-refractivity contribution in [1.82, 2.24) is 15.0 Å². The first-order valence-electron chi connectivity index (χ1n) is 10.9. The second-order valence-corrected chi connectivity index (χ2v) is 9.24. The first-order chi connectivity index (χ1) is 16.2. The lowest BCUT2D eigenvalue weighted by Gasteiger charge is -2.11. The predicted molar refractivity (Wildman–Crippen MR) is 124 cm³/mol. The molecule has 11 heteroatoms. The number of carboxylic acid groups (broad SMARTS) is 1. The fourth-order valence-electron chi connectivity index (χ4n) is 3.15. The number of aryl methyl sites for hydroxylation is 1. The van der Waals surface area contributed by atoms with E-state index in [2.05, 4.69) is 10.3 Å². The van der Waals surface area contributed by atoms with Crippen LogP contribution < -0.4 is 10.0 Å². The minimum Gasteiger partial charge on any atom is -0.477 e. The summed E-state index contributed by atoms with van der Waals surface area (Å²) in [7, 11) is -2.75. The van der Waals surface area contributed by atoms with Crippen LogP contribution in [0.2, 0.25) is 0 Å². The van der Waals surface area contributed by atoms with E-state index in [9.17, 15) is 27.9 Å². The van der Waals surface area contributed by atoms with Gasteiger partial charge in [-0.1, -0.05) is 25.8 Å². The highest BCUT2D eigenvalue weighted by Crippen LogP contribution is 2.16. The maximum Gasteiger partial charge on any atom is 0.354 e. The molecule has 0 saturated heterocycles. The van der Waals surface area contributed by atoms with Crippen LogP contribution in [0.15, 0.2) is 41.4 Å². The third-order valence-electron chi connectivity index (χ3n) is 4.93. The number of carbonyl (C=O) groups is 3. The number of nitrogens with one attached hydrogen (secondary N) is 2. The summed E-state index contributed by atoms with van der Waals surface area (Å²) < 4.78 is 32.4. The quantitative estimate of drug-likeness (QED) is 0.361. The van der Waals surface area contributed by atoms with Gasteiger partial charge in [0.25, 0.3) is 21.8 Å². The largest absolute Gasteiger partial charge is 0.477 e. The average molecular weight is 492 g/mol. The molecule has 0 aliphatic rings. The Balaban J connectivity index is 2.18. The first kappa shape index (κ1) is 26.9. The molecule has 0 radical (unpaired) electrons. The number of nitrogens with zero attached hydrogens (tertiary/aromatic N) is 1. The van der Waals surface area contributed by atoms with E-state index in [0.29, 0.717) is 38.0 Å². The number of carboxylic acids is 1. The standard InChI is InChI=1S/C23H29N3O7S/c1-3-4-5-8-16-13-18(15-25-20(16)23(29)30)22(28)26-34(31,32)19-10-6-9-17(14-19)21(27)24-11-7-12-33-2/h6,9-10,13-15H,3-5,7-8,11-12H2,1-2H3,(H,24,27)(H,26,28)(H,29,30). The van der Waals surface area contributed by atoms with Gasteiger partial charge < -0.3 is 15.2 Å². The van der Waals surface area contributed by atoms with Crippen molar-refractivity contribution >= 4 is 27.8 Å². The third-order valence-corrected chi connectivity index (χ3v) is 6.25. The van der Waals surface area contributed by atoms with Crippen LogP contribution in [0.5, 0.6) is 0 Å². The van der Waals surface area contributed by atoms with Gasteiger partial charge >= 0.3 is 5.97 Å². The molecule has 0 aliphatic carbocycles. The van der Waals surface area contributed by atoms with Gasteiger partial charge in [-0.05, 0) is 49.1 Å². The van der Waals surface area contributed by atoms with Gasteiger partial charge in [-0.15, -0.1) is 0 Å². The molecule has 0 bridgehead atoms. The highest BCUT2D eigenvalue weighted by atomic mass is 32.2. The van der Waals surface area contributed by atoms with Crippen LogP contribution in [-0.4, -0.2) is 56.6 Å². The first-order valence-corrected chi connectivity index (χ1v) is 12.3. The van der Waals surface area contributed by atoms with Crippen molar-refractivity contribution in [3.8, 4) is 0 Å². The number of ether oxygens (including phenoxy) is 1. The van der Waals surface area contributed by atoms with Crippen LogP contribution in [0.4, 0.5) is 0 Å². The Kier molecular flexibility index (Phi) is 10.1. The van der Waals surface area contributed by atoms with Gasteiger partial charge in [0.1, 0.15) is 0 Å². The highest BCUT2D eigenvalue weighted by molar-refractivity contribution is 7.90. The Morgan fingerprint density at radius 1 is 1.06 bits per heavy atom. The molecular weight excluding hydrogens is 462 g/mol.